The molecule has 1 amide bonds. The maximum absolute atomic E-state index is 11.9. The second-order valence-electron chi connectivity index (χ2n) is 6.43. The molecule has 0 aliphatic heterocycles. The van der Waals surface area contributed by atoms with E-state index < -0.39 is 11.4 Å². The average Bonchev–Trinajstić information content (AvgIpc) is 2.90. The Balaban J connectivity index is 1.45. The van der Waals surface area contributed by atoms with Crippen LogP contribution in [0.15, 0.2) is 30.5 Å². The van der Waals surface area contributed by atoms with Crippen molar-refractivity contribution in [1.29, 1.82) is 0 Å². The first-order valence-corrected chi connectivity index (χ1v) is 8.16. The van der Waals surface area contributed by atoms with Gasteiger partial charge in [0.1, 0.15) is 0 Å². The third-order valence-electron chi connectivity index (χ3n) is 4.88. The highest BCUT2D eigenvalue weighted by molar-refractivity contribution is 5.85. The molecule has 0 atom stereocenters. The number of aromatic amines is 1. The van der Waals surface area contributed by atoms with Crippen LogP contribution in [0.5, 0.6) is 0 Å². The number of fused-ring (bicyclic) bond motifs is 1. The maximum atomic E-state index is 11.9. The van der Waals surface area contributed by atoms with Crippen LogP contribution in [0.25, 0.3) is 10.9 Å². The third kappa shape index (κ3) is 3.23. The zero-order chi connectivity index (χ0) is 16.3. The van der Waals surface area contributed by atoms with Gasteiger partial charge in [0.2, 0.25) is 5.91 Å². The number of carbonyl (C=O) groups is 2. The Morgan fingerprint density at radius 2 is 2.04 bits per heavy atom. The zero-order valence-electron chi connectivity index (χ0n) is 13.1. The number of hydrogen-bond donors (Lipinski definition) is 3. The van der Waals surface area contributed by atoms with Crippen LogP contribution >= 0.6 is 0 Å². The Bertz CT molecular complexity index is 716. The van der Waals surface area contributed by atoms with Crippen LogP contribution in [-0.2, 0) is 16.0 Å². The van der Waals surface area contributed by atoms with Crippen molar-refractivity contribution in [1.82, 2.24) is 10.3 Å². The molecule has 1 saturated carbocycles. The number of carbonyl (C=O) groups excluding carboxylic acids is 1. The van der Waals surface area contributed by atoms with Crippen molar-refractivity contribution in [2.45, 2.75) is 38.5 Å². The molecule has 23 heavy (non-hydrogen) atoms. The summed E-state index contributed by atoms with van der Waals surface area (Å²) >= 11 is 0. The van der Waals surface area contributed by atoms with Crippen molar-refractivity contribution in [2.24, 2.45) is 5.41 Å². The normalized spacial score (nSPS) is 16.0. The van der Waals surface area contributed by atoms with Gasteiger partial charge in [0.05, 0.1) is 5.41 Å². The molecule has 122 valence electrons. The zero-order valence-corrected chi connectivity index (χ0v) is 13.1. The minimum atomic E-state index is -0.835. The molecule has 1 aliphatic carbocycles. The first kappa shape index (κ1) is 15.6. The topological polar surface area (TPSA) is 82.2 Å². The van der Waals surface area contributed by atoms with Gasteiger partial charge in [-0.1, -0.05) is 24.6 Å². The van der Waals surface area contributed by atoms with E-state index in [2.05, 4.69) is 16.4 Å². The first-order valence-electron chi connectivity index (χ1n) is 8.16. The minimum Gasteiger partial charge on any atom is -0.481 e. The van der Waals surface area contributed by atoms with E-state index in [4.69, 9.17) is 0 Å². The van der Waals surface area contributed by atoms with E-state index in [1.54, 1.807) is 0 Å². The number of nitrogens with one attached hydrogen (secondary N) is 2. The van der Waals surface area contributed by atoms with Gasteiger partial charge in [-0.25, -0.2) is 0 Å². The number of para-hydroxylation sites is 1. The van der Waals surface area contributed by atoms with Gasteiger partial charge in [0.25, 0.3) is 0 Å². The van der Waals surface area contributed by atoms with Gasteiger partial charge in [0, 0.05) is 30.1 Å². The van der Waals surface area contributed by atoms with Crippen molar-refractivity contribution < 1.29 is 14.7 Å². The summed E-state index contributed by atoms with van der Waals surface area (Å²) < 4.78 is 0. The van der Waals surface area contributed by atoms with E-state index in [1.165, 1.54) is 10.9 Å². The third-order valence-corrected chi connectivity index (χ3v) is 4.88. The number of aromatic nitrogens is 1. The lowest BCUT2D eigenvalue weighted by Crippen LogP contribution is -2.42. The van der Waals surface area contributed by atoms with Crippen LogP contribution in [0.3, 0.4) is 0 Å². The molecule has 0 saturated heterocycles. The number of rotatable bonds is 7. The molecule has 3 N–H and O–H groups in total. The highest BCUT2D eigenvalue weighted by atomic mass is 16.4. The van der Waals surface area contributed by atoms with Gasteiger partial charge in [0.15, 0.2) is 0 Å². The summed E-state index contributed by atoms with van der Waals surface area (Å²) in [5.74, 6) is -0.983. The molecule has 1 fully saturated rings. The van der Waals surface area contributed by atoms with E-state index in [-0.39, 0.29) is 12.3 Å². The lowest BCUT2D eigenvalue weighted by atomic mass is 9.66. The van der Waals surface area contributed by atoms with Crippen LogP contribution in [0.2, 0.25) is 0 Å². The Kier molecular flexibility index (Phi) is 4.37. The molecule has 5 nitrogen and oxygen atoms in total. The Morgan fingerprint density at radius 3 is 2.74 bits per heavy atom. The summed E-state index contributed by atoms with van der Waals surface area (Å²) in [5, 5.41) is 13.3. The van der Waals surface area contributed by atoms with E-state index in [0.29, 0.717) is 19.4 Å². The van der Waals surface area contributed by atoms with E-state index in [9.17, 15) is 14.7 Å². The van der Waals surface area contributed by atoms with Gasteiger partial charge in [-0.05, 0) is 37.3 Å². The molecular formula is C18H22N2O3. The van der Waals surface area contributed by atoms with Crippen molar-refractivity contribution >= 4 is 22.8 Å². The lowest BCUT2D eigenvalue weighted by molar-refractivity contribution is -0.157. The predicted octanol–water partition coefficient (Wildman–Crippen LogP) is 2.86. The van der Waals surface area contributed by atoms with E-state index >= 15 is 0 Å². The molecule has 0 bridgehead atoms. The van der Waals surface area contributed by atoms with E-state index in [1.807, 2.05) is 24.4 Å². The maximum Gasteiger partial charge on any atom is 0.310 e. The number of carboxylic acid groups (broad SMARTS) is 1. The Hall–Kier alpha value is -2.30. The standard InChI is InChI=1S/C18H22N2O3/c21-16(11-18(17(22)23)8-4-9-18)19-10-3-5-13-12-20-15-7-2-1-6-14(13)15/h1-2,6-7,12,20H,3-5,8-11H2,(H,19,21)(H,22,23). The number of benzene rings is 1. The Labute approximate surface area is 135 Å². The summed E-state index contributed by atoms with van der Waals surface area (Å²) in [7, 11) is 0. The second kappa shape index (κ2) is 6.44. The van der Waals surface area contributed by atoms with Crippen LogP contribution in [0.4, 0.5) is 0 Å². The Morgan fingerprint density at radius 1 is 1.26 bits per heavy atom. The molecule has 0 unspecified atom stereocenters. The molecule has 2 aromatic rings. The summed E-state index contributed by atoms with van der Waals surface area (Å²) in [6, 6.07) is 8.16. The smallest absolute Gasteiger partial charge is 0.310 e. The molecule has 0 spiro atoms. The molecule has 1 heterocycles. The minimum absolute atomic E-state index is 0.107. The molecule has 0 radical (unpaired) electrons. The summed E-state index contributed by atoms with van der Waals surface area (Å²) in [6.45, 7) is 0.577. The molecule has 5 heteroatoms. The van der Waals surface area contributed by atoms with Crippen LogP contribution in [0, 0.1) is 5.41 Å². The molecule has 1 aromatic heterocycles. The molecular weight excluding hydrogens is 292 g/mol. The van der Waals surface area contributed by atoms with Crippen molar-refractivity contribution in [3.8, 4) is 0 Å². The van der Waals surface area contributed by atoms with Gasteiger partial charge < -0.3 is 15.4 Å². The first-order chi connectivity index (χ1) is 11.1. The second-order valence-corrected chi connectivity index (χ2v) is 6.43. The predicted molar refractivity (Wildman–Crippen MR) is 88.2 cm³/mol. The summed E-state index contributed by atoms with van der Waals surface area (Å²) in [6.07, 6.45) is 5.98. The molecule has 3 rings (SSSR count). The van der Waals surface area contributed by atoms with Crippen molar-refractivity contribution in [3.05, 3.63) is 36.0 Å². The highest BCUT2D eigenvalue weighted by Crippen LogP contribution is 2.44. The monoisotopic (exact) mass is 314 g/mol. The summed E-state index contributed by atoms with van der Waals surface area (Å²) in [5.41, 5.74) is 1.57. The average molecular weight is 314 g/mol. The fourth-order valence-electron chi connectivity index (χ4n) is 3.28. The van der Waals surface area contributed by atoms with Crippen LogP contribution in [0.1, 0.15) is 37.7 Å². The number of amides is 1. The van der Waals surface area contributed by atoms with E-state index in [0.717, 1.165) is 24.8 Å². The SMILES string of the molecule is O=C(CC1(C(=O)O)CCC1)NCCCc1c[nH]c2ccccc12. The lowest BCUT2D eigenvalue weighted by Gasteiger charge is -2.36. The molecule has 1 aliphatic rings. The highest BCUT2D eigenvalue weighted by Gasteiger charge is 2.45. The van der Waals surface area contributed by atoms with Crippen molar-refractivity contribution in [2.75, 3.05) is 6.54 Å². The fraction of sp³-hybridized carbons (Fsp3) is 0.444. The fourth-order valence-corrected chi connectivity index (χ4v) is 3.28. The summed E-state index contributed by atoms with van der Waals surface area (Å²) in [4.78, 5) is 26.5. The number of hydrogen-bond acceptors (Lipinski definition) is 2. The largest absolute Gasteiger partial charge is 0.481 e. The van der Waals surface area contributed by atoms with Gasteiger partial charge >= 0.3 is 5.97 Å². The van der Waals surface area contributed by atoms with Gasteiger partial charge in [-0.2, -0.15) is 0 Å². The number of aliphatic carboxylic acids is 1. The van der Waals surface area contributed by atoms with Crippen LogP contribution in [-0.4, -0.2) is 28.5 Å². The van der Waals surface area contributed by atoms with Gasteiger partial charge in [-0.15, -0.1) is 0 Å². The number of aryl methyl sites for hydroxylation is 1. The molecule has 1 aromatic carbocycles. The van der Waals surface area contributed by atoms with Crippen LogP contribution < -0.4 is 5.32 Å². The quantitative estimate of drug-likeness (QED) is 0.687. The number of carboxylic acids is 1. The van der Waals surface area contributed by atoms with Gasteiger partial charge in [-0.3, -0.25) is 9.59 Å². The number of H-pyrrole nitrogens is 1. The van der Waals surface area contributed by atoms with Crippen molar-refractivity contribution in [3.63, 3.8) is 0 Å².